The fourth-order valence-corrected chi connectivity index (χ4v) is 4.46. The molecule has 0 bridgehead atoms. The minimum atomic E-state index is -1.12. The molecular formula is C32H39ClN2O4. The van der Waals surface area contributed by atoms with Gasteiger partial charge in [-0.3, -0.25) is 4.79 Å². The Morgan fingerprint density at radius 2 is 1.56 bits per heavy atom. The number of carboxylic acids is 1. The van der Waals surface area contributed by atoms with E-state index in [4.69, 9.17) is 22.1 Å². The van der Waals surface area contributed by atoms with Crippen LogP contribution in [0.3, 0.4) is 0 Å². The summed E-state index contributed by atoms with van der Waals surface area (Å²) in [4.78, 5) is 25.2. The van der Waals surface area contributed by atoms with E-state index >= 15 is 0 Å². The first-order valence-corrected chi connectivity index (χ1v) is 13.9. The minimum absolute atomic E-state index is 0.135. The Labute approximate surface area is 236 Å². The topological polar surface area (TPSA) is 102 Å². The Kier molecular flexibility index (Phi) is 11.0. The average molecular weight is 551 g/mol. The molecule has 3 aromatic rings. The fourth-order valence-electron chi connectivity index (χ4n) is 4.29. The van der Waals surface area contributed by atoms with Gasteiger partial charge in [-0.2, -0.15) is 0 Å². The molecule has 6 nitrogen and oxygen atoms in total. The van der Waals surface area contributed by atoms with E-state index in [1.807, 2.05) is 62.4 Å². The Balaban J connectivity index is 1.66. The molecule has 208 valence electrons. The predicted molar refractivity (Wildman–Crippen MR) is 157 cm³/mol. The van der Waals surface area contributed by atoms with Crippen LogP contribution in [0, 0.1) is 0 Å². The largest absolute Gasteiger partial charge is 0.493 e. The van der Waals surface area contributed by atoms with E-state index in [0.717, 1.165) is 41.5 Å². The fraction of sp³-hybridized carbons (Fsp3) is 0.375. The predicted octanol–water partition coefficient (Wildman–Crippen LogP) is 6.98. The number of aliphatic carboxylic acids is 1. The number of nitrogens with one attached hydrogen (secondary N) is 1. The van der Waals surface area contributed by atoms with Crippen molar-refractivity contribution in [2.45, 2.75) is 70.9 Å². The standard InChI is InChI=1S/C32H39ClN2O4/c1-4-5-6-7-8-19-39-29-18-17-26(33)21-27(29)30(36)35-28(31(37)38)20-22-9-11-23(12-10-22)24-13-15-25(16-14-24)32(2,3)34/h9-18,21,28H,4-8,19-20,34H2,1-3H3,(H,35,36)(H,37,38)/t28-/m0/s1. The summed E-state index contributed by atoms with van der Waals surface area (Å²) < 4.78 is 5.86. The smallest absolute Gasteiger partial charge is 0.326 e. The van der Waals surface area contributed by atoms with Gasteiger partial charge in [0.15, 0.2) is 0 Å². The van der Waals surface area contributed by atoms with Crippen LogP contribution in [0.5, 0.6) is 5.75 Å². The zero-order chi connectivity index (χ0) is 28.4. The molecular weight excluding hydrogens is 512 g/mol. The molecule has 0 aliphatic carbocycles. The van der Waals surface area contributed by atoms with Crippen LogP contribution in [0.1, 0.15) is 74.4 Å². The minimum Gasteiger partial charge on any atom is -0.493 e. The van der Waals surface area contributed by atoms with Crippen LogP contribution in [0.2, 0.25) is 5.02 Å². The molecule has 0 saturated carbocycles. The Hall–Kier alpha value is -3.35. The maximum Gasteiger partial charge on any atom is 0.326 e. The molecule has 39 heavy (non-hydrogen) atoms. The van der Waals surface area contributed by atoms with E-state index < -0.39 is 23.5 Å². The van der Waals surface area contributed by atoms with Crippen LogP contribution >= 0.6 is 11.6 Å². The molecule has 0 fully saturated rings. The van der Waals surface area contributed by atoms with E-state index in [1.54, 1.807) is 12.1 Å². The molecule has 1 atom stereocenters. The molecule has 0 spiro atoms. The maximum absolute atomic E-state index is 13.1. The normalized spacial score (nSPS) is 12.1. The number of benzene rings is 3. The number of carboxylic acid groups (broad SMARTS) is 1. The van der Waals surface area contributed by atoms with Crippen molar-refractivity contribution in [2.24, 2.45) is 5.73 Å². The average Bonchev–Trinajstić information content (AvgIpc) is 2.90. The van der Waals surface area contributed by atoms with Crippen molar-refractivity contribution in [3.05, 3.63) is 88.4 Å². The quantitative estimate of drug-likeness (QED) is 0.188. The SMILES string of the molecule is CCCCCCCOc1ccc(Cl)cc1C(=O)N[C@@H](Cc1ccc(-c2ccc(C(C)(C)N)cc2)cc1)C(=O)O. The van der Waals surface area contributed by atoms with E-state index in [9.17, 15) is 14.7 Å². The zero-order valence-corrected chi connectivity index (χ0v) is 23.8. The van der Waals surface area contributed by atoms with Gasteiger partial charge in [-0.05, 0) is 60.7 Å². The molecule has 0 aliphatic rings. The lowest BCUT2D eigenvalue weighted by atomic mass is 9.93. The van der Waals surface area contributed by atoms with E-state index in [2.05, 4.69) is 12.2 Å². The highest BCUT2D eigenvalue weighted by Crippen LogP contribution is 2.25. The van der Waals surface area contributed by atoms with Gasteiger partial charge in [0.25, 0.3) is 5.91 Å². The number of carbonyl (C=O) groups excluding carboxylic acids is 1. The highest BCUT2D eigenvalue weighted by atomic mass is 35.5. The van der Waals surface area contributed by atoms with Crippen LogP contribution in [0.4, 0.5) is 0 Å². The molecule has 4 N–H and O–H groups in total. The molecule has 0 radical (unpaired) electrons. The third kappa shape index (κ3) is 9.12. The first-order chi connectivity index (χ1) is 18.6. The molecule has 0 aromatic heterocycles. The van der Waals surface area contributed by atoms with Crippen LogP contribution in [-0.2, 0) is 16.8 Å². The maximum atomic E-state index is 13.1. The second kappa shape index (κ2) is 14.2. The highest BCUT2D eigenvalue weighted by molar-refractivity contribution is 6.31. The summed E-state index contributed by atoms with van der Waals surface area (Å²) >= 11 is 6.15. The number of halogens is 1. The van der Waals surface area contributed by atoms with Gasteiger partial charge in [0.2, 0.25) is 0 Å². The molecule has 3 aromatic carbocycles. The zero-order valence-electron chi connectivity index (χ0n) is 23.0. The summed E-state index contributed by atoms with van der Waals surface area (Å²) in [6.45, 7) is 6.57. The summed E-state index contributed by atoms with van der Waals surface area (Å²) in [5, 5.41) is 12.9. The van der Waals surface area contributed by atoms with Gasteiger partial charge < -0.3 is 20.9 Å². The highest BCUT2D eigenvalue weighted by Gasteiger charge is 2.23. The summed E-state index contributed by atoms with van der Waals surface area (Å²) in [7, 11) is 0. The van der Waals surface area contributed by atoms with E-state index in [0.29, 0.717) is 17.4 Å². The van der Waals surface area contributed by atoms with Crippen molar-refractivity contribution in [1.29, 1.82) is 0 Å². The number of hydrogen-bond donors (Lipinski definition) is 3. The van der Waals surface area contributed by atoms with Gasteiger partial charge in [0.05, 0.1) is 12.2 Å². The Morgan fingerprint density at radius 3 is 2.15 bits per heavy atom. The van der Waals surface area contributed by atoms with Crippen LogP contribution in [0.15, 0.2) is 66.7 Å². The van der Waals surface area contributed by atoms with Crippen LogP contribution in [-0.4, -0.2) is 29.6 Å². The monoisotopic (exact) mass is 550 g/mol. The number of rotatable bonds is 14. The van der Waals surface area contributed by atoms with Crippen molar-refractivity contribution in [3.8, 4) is 16.9 Å². The lowest BCUT2D eigenvalue weighted by molar-refractivity contribution is -0.139. The second-order valence-corrected chi connectivity index (χ2v) is 10.9. The van der Waals surface area contributed by atoms with E-state index in [-0.39, 0.29) is 12.0 Å². The number of nitrogens with two attached hydrogens (primary N) is 1. The van der Waals surface area contributed by atoms with Gasteiger partial charge in [-0.1, -0.05) is 92.7 Å². The van der Waals surface area contributed by atoms with Crippen LogP contribution in [0.25, 0.3) is 11.1 Å². The number of amides is 1. The number of ether oxygens (including phenoxy) is 1. The molecule has 1 amide bonds. The summed E-state index contributed by atoms with van der Waals surface area (Å²) in [5.41, 5.74) is 9.87. The van der Waals surface area contributed by atoms with E-state index in [1.165, 1.54) is 18.9 Å². The molecule has 0 saturated heterocycles. The lowest BCUT2D eigenvalue weighted by Gasteiger charge is -2.19. The molecule has 7 heteroatoms. The molecule has 0 unspecified atom stereocenters. The molecule has 0 aliphatic heterocycles. The van der Waals surface area contributed by atoms with Crippen molar-refractivity contribution in [3.63, 3.8) is 0 Å². The van der Waals surface area contributed by atoms with Crippen LogP contribution < -0.4 is 15.8 Å². The van der Waals surface area contributed by atoms with Crippen molar-refractivity contribution in [1.82, 2.24) is 5.32 Å². The van der Waals surface area contributed by atoms with Gasteiger partial charge in [0.1, 0.15) is 11.8 Å². The number of hydrogen-bond acceptors (Lipinski definition) is 4. The number of carbonyl (C=O) groups is 2. The van der Waals surface area contributed by atoms with Crippen molar-refractivity contribution in [2.75, 3.05) is 6.61 Å². The van der Waals surface area contributed by atoms with Gasteiger partial charge in [0, 0.05) is 17.0 Å². The first-order valence-electron chi connectivity index (χ1n) is 13.5. The van der Waals surface area contributed by atoms with Gasteiger partial charge in [-0.25, -0.2) is 4.79 Å². The Morgan fingerprint density at radius 1 is 0.949 bits per heavy atom. The van der Waals surface area contributed by atoms with Gasteiger partial charge >= 0.3 is 5.97 Å². The summed E-state index contributed by atoms with van der Waals surface area (Å²) in [5.74, 6) is -1.26. The third-order valence-corrected chi connectivity index (χ3v) is 6.89. The summed E-state index contributed by atoms with van der Waals surface area (Å²) in [6.07, 6.45) is 5.57. The van der Waals surface area contributed by atoms with Gasteiger partial charge in [-0.15, -0.1) is 0 Å². The Bertz CT molecular complexity index is 1230. The molecule has 0 heterocycles. The first kappa shape index (κ1) is 30.2. The van der Waals surface area contributed by atoms with Crippen molar-refractivity contribution < 1.29 is 19.4 Å². The second-order valence-electron chi connectivity index (χ2n) is 10.5. The molecule has 3 rings (SSSR count). The third-order valence-electron chi connectivity index (χ3n) is 6.65. The number of unbranched alkanes of at least 4 members (excludes halogenated alkanes) is 4. The summed E-state index contributed by atoms with van der Waals surface area (Å²) in [6, 6.07) is 19.4. The van der Waals surface area contributed by atoms with Crippen molar-refractivity contribution >= 4 is 23.5 Å². The lowest BCUT2D eigenvalue weighted by Crippen LogP contribution is -2.42.